The van der Waals surface area contributed by atoms with Crippen LogP contribution in [0.5, 0.6) is 5.75 Å². The van der Waals surface area contributed by atoms with Crippen molar-refractivity contribution in [3.8, 4) is 28.6 Å². The third-order valence-electron chi connectivity index (χ3n) is 4.85. The predicted molar refractivity (Wildman–Crippen MR) is 115 cm³/mol. The van der Waals surface area contributed by atoms with Crippen LogP contribution in [0.25, 0.3) is 22.8 Å². The molecule has 0 amide bonds. The fourth-order valence-corrected chi connectivity index (χ4v) is 4.66. The molecule has 0 N–H and O–H groups in total. The quantitative estimate of drug-likeness (QED) is 0.431. The van der Waals surface area contributed by atoms with Crippen LogP contribution in [0.3, 0.4) is 0 Å². The van der Waals surface area contributed by atoms with E-state index in [1.165, 1.54) is 6.26 Å². The maximum Gasteiger partial charge on any atom is 0.250 e. The highest BCUT2D eigenvalue weighted by Gasteiger charge is 2.27. The van der Waals surface area contributed by atoms with E-state index >= 15 is 0 Å². The van der Waals surface area contributed by atoms with Crippen molar-refractivity contribution in [3.63, 3.8) is 0 Å². The summed E-state index contributed by atoms with van der Waals surface area (Å²) in [5.74, 6) is 1.05. The second-order valence-corrected chi connectivity index (χ2v) is 8.90. The zero-order valence-corrected chi connectivity index (χ0v) is 18.3. The average Bonchev–Trinajstić information content (AvgIpc) is 3.41. The van der Waals surface area contributed by atoms with Crippen LogP contribution in [0.4, 0.5) is 0 Å². The number of ether oxygens (including phenoxy) is 1. The molecule has 0 aliphatic heterocycles. The number of methoxy groups -OCH3 is 1. The van der Waals surface area contributed by atoms with E-state index < -0.39 is 9.84 Å². The Bertz CT molecular complexity index is 1310. The maximum atomic E-state index is 13.1. The first-order chi connectivity index (χ1) is 14.9. The number of benzene rings is 2. The lowest BCUT2D eigenvalue weighted by Gasteiger charge is -2.10. The molecule has 4 rings (SSSR count). The van der Waals surface area contributed by atoms with E-state index in [0.717, 1.165) is 11.1 Å². The molecule has 0 atom stereocenters. The number of hydrogen-bond acceptors (Lipinski definition) is 7. The third kappa shape index (κ3) is 4.09. The molecule has 0 saturated heterocycles. The Kier molecular flexibility index (Phi) is 5.60. The van der Waals surface area contributed by atoms with Crippen LogP contribution in [-0.4, -0.2) is 35.3 Å². The second kappa shape index (κ2) is 8.35. The molecule has 160 valence electrons. The van der Waals surface area contributed by atoms with Gasteiger partial charge < -0.3 is 9.15 Å². The Labute approximate surface area is 180 Å². The van der Waals surface area contributed by atoms with Crippen LogP contribution in [0, 0.1) is 6.92 Å². The fraction of sp³-hybridized carbons (Fsp3) is 0.227. The Morgan fingerprint density at radius 2 is 1.81 bits per heavy atom. The van der Waals surface area contributed by atoms with Crippen LogP contribution in [0.2, 0.25) is 0 Å². The summed E-state index contributed by atoms with van der Waals surface area (Å²) in [4.78, 5) is 4.35. The number of rotatable bonds is 7. The Balaban J connectivity index is 1.66. The summed E-state index contributed by atoms with van der Waals surface area (Å²) in [6, 6.07) is 14.9. The van der Waals surface area contributed by atoms with Crippen LogP contribution < -0.4 is 4.74 Å². The van der Waals surface area contributed by atoms with Gasteiger partial charge in [-0.1, -0.05) is 29.8 Å². The second-order valence-electron chi connectivity index (χ2n) is 7.02. The van der Waals surface area contributed by atoms with Crippen molar-refractivity contribution in [1.82, 2.24) is 19.7 Å². The molecule has 0 bridgehead atoms. The number of aryl methyl sites for hydroxylation is 1. The van der Waals surface area contributed by atoms with Gasteiger partial charge in [0.2, 0.25) is 20.9 Å². The van der Waals surface area contributed by atoms with Gasteiger partial charge in [-0.2, -0.15) is 0 Å². The molecule has 0 saturated carbocycles. The lowest BCUT2D eigenvalue weighted by atomic mass is 10.1. The summed E-state index contributed by atoms with van der Waals surface area (Å²) in [5.41, 5.74) is 2.87. The number of hydrogen-bond donors (Lipinski definition) is 0. The van der Waals surface area contributed by atoms with Crippen molar-refractivity contribution in [2.24, 2.45) is 0 Å². The van der Waals surface area contributed by atoms with Gasteiger partial charge in [0.1, 0.15) is 17.8 Å². The van der Waals surface area contributed by atoms with Gasteiger partial charge in [-0.25, -0.2) is 13.4 Å². The average molecular weight is 439 g/mol. The van der Waals surface area contributed by atoms with Crippen molar-refractivity contribution in [3.05, 3.63) is 66.1 Å². The molecule has 4 aromatic rings. The summed E-state index contributed by atoms with van der Waals surface area (Å²) >= 11 is 0. The molecule has 0 aliphatic carbocycles. The van der Waals surface area contributed by atoms with Gasteiger partial charge in [-0.3, -0.25) is 4.57 Å². The molecule has 9 heteroatoms. The predicted octanol–water partition coefficient (Wildman–Crippen LogP) is 3.91. The summed E-state index contributed by atoms with van der Waals surface area (Å²) in [5, 5.41) is 8.02. The molecule has 2 heterocycles. The first kappa shape index (κ1) is 20.8. The molecule has 31 heavy (non-hydrogen) atoms. The van der Waals surface area contributed by atoms with Crippen molar-refractivity contribution in [2.75, 3.05) is 7.11 Å². The van der Waals surface area contributed by atoms with Gasteiger partial charge in [-0.15, -0.1) is 10.2 Å². The van der Waals surface area contributed by atoms with Crippen LogP contribution in [0.15, 0.2) is 64.4 Å². The van der Waals surface area contributed by atoms with E-state index in [4.69, 9.17) is 9.15 Å². The Morgan fingerprint density at radius 1 is 1.06 bits per heavy atom. The van der Waals surface area contributed by atoms with E-state index in [-0.39, 0.29) is 10.9 Å². The Hall–Kier alpha value is -3.46. The molecule has 2 aromatic heterocycles. The van der Waals surface area contributed by atoms with Crippen molar-refractivity contribution >= 4 is 9.84 Å². The number of oxazole rings is 1. The molecular formula is C22H22N4O4S. The molecule has 0 aliphatic rings. The summed E-state index contributed by atoms with van der Waals surface area (Å²) in [6.07, 6.45) is 1.36. The first-order valence-corrected chi connectivity index (χ1v) is 11.4. The van der Waals surface area contributed by atoms with E-state index in [1.54, 1.807) is 17.7 Å². The summed E-state index contributed by atoms with van der Waals surface area (Å²) < 4.78 is 38.7. The smallest absolute Gasteiger partial charge is 0.250 e. The van der Waals surface area contributed by atoms with Gasteiger partial charge in [0, 0.05) is 12.1 Å². The van der Waals surface area contributed by atoms with Gasteiger partial charge >= 0.3 is 0 Å². The monoisotopic (exact) mass is 438 g/mol. The van der Waals surface area contributed by atoms with E-state index in [9.17, 15) is 8.42 Å². The topological polar surface area (TPSA) is 100 Å². The van der Waals surface area contributed by atoms with E-state index in [2.05, 4.69) is 15.2 Å². The highest BCUT2D eigenvalue weighted by Crippen LogP contribution is 2.30. The molecular weight excluding hydrogens is 416 g/mol. The molecule has 2 aromatic carbocycles. The summed E-state index contributed by atoms with van der Waals surface area (Å²) in [7, 11) is -2.26. The molecule has 0 spiro atoms. The minimum absolute atomic E-state index is 0.115. The highest BCUT2D eigenvalue weighted by molar-refractivity contribution is 7.90. The van der Waals surface area contributed by atoms with E-state index in [1.807, 2.05) is 56.3 Å². The Morgan fingerprint density at radius 3 is 2.52 bits per heavy atom. The lowest BCUT2D eigenvalue weighted by molar-refractivity contribution is 0.415. The normalized spacial score (nSPS) is 11.6. The van der Waals surface area contributed by atoms with E-state index in [0.29, 0.717) is 35.3 Å². The minimum atomic E-state index is -3.81. The zero-order chi connectivity index (χ0) is 22.0. The number of para-hydroxylation sites is 1. The molecule has 8 nitrogen and oxygen atoms in total. The van der Waals surface area contributed by atoms with Gasteiger partial charge in [-0.05, 0) is 38.1 Å². The maximum absolute atomic E-state index is 13.1. The van der Waals surface area contributed by atoms with Crippen molar-refractivity contribution in [1.29, 1.82) is 0 Å². The van der Waals surface area contributed by atoms with Crippen LogP contribution in [-0.2, 0) is 22.1 Å². The van der Waals surface area contributed by atoms with Crippen molar-refractivity contribution < 1.29 is 17.6 Å². The zero-order valence-electron chi connectivity index (χ0n) is 17.4. The highest BCUT2D eigenvalue weighted by atomic mass is 32.2. The summed E-state index contributed by atoms with van der Waals surface area (Å²) in [6.45, 7) is 4.20. The lowest BCUT2D eigenvalue weighted by Crippen LogP contribution is -2.13. The molecule has 0 radical (unpaired) electrons. The SMILES string of the molecule is CCn1c(-c2ccccc2OC)nnc1S(=O)(=O)Cc1coc(-c2ccc(C)cc2)n1. The third-order valence-corrected chi connectivity index (χ3v) is 6.38. The first-order valence-electron chi connectivity index (χ1n) is 9.73. The van der Waals surface area contributed by atoms with Crippen LogP contribution >= 0.6 is 0 Å². The molecule has 0 fully saturated rings. The van der Waals surface area contributed by atoms with Crippen LogP contribution in [0.1, 0.15) is 18.2 Å². The number of sulfone groups is 1. The largest absolute Gasteiger partial charge is 0.496 e. The van der Waals surface area contributed by atoms with Gasteiger partial charge in [0.05, 0.1) is 18.4 Å². The van der Waals surface area contributed by atoms with Gasteiger partial charge in [0.15, 0.2) is 5.82 Å². The van der Waals surface area contributed by atoms with Gasteiger partial charge in [0.25, 0.3) is 0 Å². The number of nitrogens with zero attached hydrogens (tertiary/aromatic N) is 4. The number of aromatic nitrogens is 4. The fourth-order valence-electron chi connectivity index (χ4n) is 3.29. The van der Waals surface area contributed by atoms with Crippen molar-refractivity contribution in [2.45, 2.75) is 31.3 Å². The molecule has 0 unspecified atom stereocenters. The standard InChI is InChI=1S/C22H22N4O4S/c1-4-26-20(18-7-5-6-8-19(18)29-3)24-25-22(26)31(27,28)14-17-13-30-21(23-17)16-11-9-15(2)10-12-16/h5-13H,4,14H2,1-3H3. The minimum Gasteiger partial charge on any atom is -0.496 e.